The SMILES string of the molecule is CCCNc1cc(N(C)C2CCOCC2)ccn1. The first-order valence-electron chi connectivity index (χ1n) is 6.81. The van der Waals surface area contributed by atoms with Crippen LogP contribution < -0.4 is 10.2 Å². The first-order chi connectivity index (χ1) is 8.81. The Morgan fingerprint density at radius 1 is 1.44 bits per heavy atom. The maximum Gasteiger partial charge on any atom is 0.127 e. The summed E-state index contributed by atoms with van der Waals surface area (Å²) < 4.78 is 5.41. The second-order valence-corrected chi connectivity index (χ2v) is 4.78. The molecule has 1 aromatic rings. The molecule has 1 saturated heterocycles. The topological polar surface area (TPSA) is 37.4 Å². The number of nitrogens with one attached hydrogen (secondary N) is 1. The highest BCUT2D eigenvalue weighted by Crippen LogP contribution is 2.22. The molecule has 1 N–H and O–H groups in total. The van der Waals surface area contributed by atoms with Crippen LogP contribution in [0.15, 0.2) is 18.3 Å². The molecule has 1 aliphatic rings. The van der Waals surface area contributed by atoms with Crippen molar-refractivity contribution in [2.24, 2.45) is 0 Å². The summed E-state index contributed by atoms with van der Waals surface area (Å²) in [6.45, 7) is 4.88. The minimum atomic E-state index is 0.583. The largest absolute Gasteiger partial charge is 0.381 e. The van der Waals surface area contributed by atoms with Crippen molar-refractivity contribution in [1.82, 2.24) is 4.98 Å². The second kappa shape index (κ2) is 6.59. The van der Waals surface area contributed by atoms with Gasteiger partial charge in [0.1, 0.15) is 5.82 Å². The van der Waals surface area contributed by atoms with Gasteiger partial charge in [-0.15, -0.1) is 0 Å². The van der Waals surface area contributed by atoms with E-state index >= 15 is 0 Å². The molecule has 18 heavy (non-hydrogen) atoms. The molecule has 1 aromatic heterocycles. The Kier molecular flexibility index (Phi) is 4.81. The predicted molar refractivity (Wildman–Crippen MR) is 75.3 cm³/mol. The molecule has 0 bridgehead atoms. The zero-order chi connectivity index (χ0) is 12.8. The Morgan fingerprint density at radius 2 is 2.22 bits per heavy atom. The third-order valence-electron chi connectivity index (χ3n) is 3.45. The van der Waals surface area contributed by atoms with Crippen molar-refractivity contribution in [3.05, 3.63) is 18.3 Å². The third-order valence-corrected chi connectivity index (χ3v) is 3.45. The van der Waals surface area contributed by atoms with Crippen molar-refractivity contribution in [3.63, 3.8) is 0 Å². The smallest absolute Gasteiger partial charge is 0.127 e. The number of nitrogens with zero attached hydrogens (tertiary/aromatic N) is 2. The zero-order valence-electron chi connectivity index (χ0n) is 11.4. The Balaban J connectivity index is 2.02. The summed E-state index contributed by atoms with van der Waals surface area (Å²) in [4.78, 5) is 6.69. The van der Waals surface area contributed by atoms with Crippen LogP contribution in [-0.4, -0.2) is 37.8 Å². The molecule has 0 aromatic carbocycles. The van der Waals surface area contributed by atoms with Crippen LogP contribution >= 0.6 is 0 Å². The molecule has 100 valence electrons. The number of ether oxygens (including phenoxy) is 1. The summed E-state index contributed by atoms with van der Waals surface area (Å²) in [5.41, 5.74) is 1.23. The highest BCUT2D eigenvalue weighted by molar-refractivity contribution is 5.54. The summed E-state index contributed by atoms with van der Waals surface area (Å²) >= 11 is 0. The van der Waals surface area contributed by atoms with Gasteiger partial charge in [-0.25, -0.2) is 4.98 Å². The first-order valence-corrected chi connectivity index (χ1v) is 6.81. The average molecular weight is 249 g/mol. The van der Waals surface area contributed by atoms with Crippen LogP contribution in [0.1, 0.15) is 26.2 Å². The van der Waals surface area contributed by atoms with E-state index < -0.39 is 0 Å². The summed E-state index contributed by atoms with van der Waals surface area (Å²) in [6, 6.07) is 4.79. The minimum absolute atomic E-state index is 0.583. The second-order valence-electron chi connectivity index (χ2n) is 4.78. The summed E-state index contributed by atoms with van der Waals surface area (Å²) in [5.74, 6) is 0.966. The number of hydrogen-bond acceptors (Lipinski definition) is 4. The maximum absolute atomic E-state index is 5.41. The molecule has 1 aliphatic heterocycles. The Hall–Kier alpha value is -1.29. The molecule has 0 radical (unpaired) electrons. The molecule has 4 heteroatoms. The van der Waals surface area contributed by atoms with Gasteiger partial charge >= 0.3 is 0 Å². The number of hydrogen-bond donors (Lipinski definition) is 1. The van der Waals surface area contributed by atoms with Gasteiger partial charge in [-0.1, -0.05) is 6.92 Å². The van der Waals surface area contributed by atoms with E-state index in [0.29, 0.717) is 6.04 Å². The van der Waals surface area contributed by atoms with Crippen LogP contribution in [0.3, 0.4) is 0 Å². The van der Waals surface area contributed by atoms with Crippen LogP contribution in [0.25, 0.3) is 0 Å². The fourth-order valence-electron chi connectivity index (χ4n) is 2.27. The van der Waals surface area contributed by atoms with E-state index in [-0.39, 0.29) is 0 Å². The first kappa shape index (κ1) is 13.1. The molecule has 0 spiro atoms. The standard InChI is InChI=1S/C14H23N3O/c1-3-7-15-14-11-13(4-8-16-14)17(2)12-5-9-18-10-6-12/h4,8,11-12H,3,5-7,9-10H2,1-2H3,(H,15,16). The van der Waals surface area contributed by atoms with Gasteiger partial charge in [0.15, 0.2) is 0 Å². The molecule has 1 fully saturated rings. The molecule has 0 unspecified atom stereocenters. The van der Waals surface area contributed by atoms with Gasteiger partial charge < -0.3 is 15.0 Å². The van der Waals surface area contributed by atoms with Gasteiger partial charge in [0.25, 0.3) is 0 Å². The monoisotopic (exact) mass is 249 g/mol. The number of pyridine rings is 1. The molecule has 0 amide bonds. The summed E-state index contributed by atoms with van der Waals surface area (Å²) in [5, 5.41) is 3.33. The normalized spacial score (nSPS) is 16.6. The van der Waals surface area contributed by atoms with Gasteiger partial charge in [0.05, 0.1) is 0 Å². The number of aromatic nitrogens is 1. The Labute approximate surface area is 109 Å². The quantitative estimate of drug-likeness (QED) is 0.870. The van der Waals surface area contributed by atoms with Crippen molar-refractivity contribution in [2.45, 2.75) is 32.2 Å². The lowest BCUT2D eigenvalue weighted by atomic mass is 10.1. The molecule has 2 heterocycles. The molecule has 0 aliphatic carbocycles. The van der Waals surface area contributed by atoms with E-state index in [4.69, 9.17) is 4.74 Å². The van der Waals surface area contributed by atoms with E-state index in [2.05, 4.69) is 41.3 Å². The Morgan fingerprint density at radius 3 is 2.94 bits per heavy atom. The zero-order valence-corrected chi connectivity index (χ0v) is 11.4. The predicted octanol–water partition coefficient (Wildman–Crippen LogP) is 2.52. The highest BCUT2D eigenvalue weighted by atomic mass is 16.5. The lowest BCUT2D eigenvalue weighted by Crippen LogP contribution is -2.36. The van der Waals surface area contributed by atoms with Crippen LogP contribution in [0.2, 0.25) is 0 Å². The Bertz CT molecular complexity index is 364. The fraction of sp³-hybridized carbons (Fsp3) is 0.643. The van der Waals surface area contributed by atoms with Crippen molar-refractivity contribution in [2.75, 3.05) is 37.0 Å². The molecular formula is C14H23N3O. The molecular weight excluding hydrogens is 226 g/mol. The lowest BCUT2D eigenvalue weighted by molar-refractivity contribution is 0.0855. The molecule has 4 nitrogen and oxygen atoms in total. The fourth-order valence-corrected chi connectivity index (χ4v) is 2.27. The van der Waals surface area contributed by atoms with Crippen molar-refractivity contribution in [3.8, 4) is 0 Å². The number of anilines is 2. The lowest BCUT2D eigenvalue weighted by Gasteiger charge is -2.33. The van der Waals surface area contributed by atoms with Gasteiger partial charge in [-0.3, -0.25) is 0 Å². The average Bonchev–Trinajstić information content (AvgIpc) is 2.45. The highest BCUT2D eigenvalue weighted by Gasteiger charge is 2.18. The maximum atomic E-state index is 5.41. The molecule has 0 saturated carbocycles. The summed E-state index contributed by atoms with van der Waals surface area (Å²) in [7, 11) is 2.16. The van der Waals surface area contributed by atoms with Crippen molar-refractivity contribution in [1.29, 1.82) is 0 Å². The minimum Gasteiger partial charge on any atom is -0.381 e. The van der Waals surface area contributed by atoms with Crippen LogP contribution in [0, 0.1) is 0 Å². The van der Waals surface area contributed by atoms with Gasteiger partial charge in [0, 0.05) is 50.8 Å². The third kappa shape index (κ3) is 3.35. The van der Waals surface area contributed by atoms with E-state index in [1.807, 2.05) is 6.20 Å². The van der Waals surface area contributed by atoms with Gasteiger partial charge in [-0.05, 0) is 25.3 Å². The van der Waals surface area contributed by atoms with E-state index in [0.717, 1.165) is 44.8 Å². The number of rotatable bonds is 5. The van der Waals surface area contributed by atoms with Crippen molar-refractivity contribution < 1.29 is 4.74 Å². The van der Waals surface area contributed by atoms with Gasteiger partial charge in [0.2, 0.25) is 0 Å². The van der Waals surface area contributed by atoms with Crippen LogP contribution in [-0.2, 0) is 4.74 Å². The van der Waals surface area contributed by atoms with E-state index in [1.54, 1.807) is 0 Å². The van der Waals surface area contributed by atoms with Crippen LogP contribution in [0.5, 0.6) is 0 Å². The summed E-state index contributed by atoms with van der Waals surface area (Å²) in [6.07, 6.45) is 5.21. The van der Waals surface area contributed by atoms with E-state index in [1.165, 1.54) is 5.69 Å². The van der Waals surface area contributed by atoms with Crippen LogP contribution in [0.4, 0.5) is 11.5 Å². The van der Waals surface area contributed by atoms with Crippen molar-refractivity contribution >= 4 is 11.5 Å². The van der Waals surface area contributed by atoms with E-state index in [9.17, 15) is 0 Å². The molecule has 0 atom stereocenters. The molecule has 2 rings (SSSR count). The van der Waals surface area contributed by atoms with Gasteiger partial charge in [-0.2, -0.15) is 0 Å².